The lowest BCUT2D eigenvalue weighted by Gasteiger charge is -2.21. The van der Waals surface area contributed by atoms with Crippen molar-refractivity contribution in [2.45, 2.75) is 0 Å². The zero-order valence-electron chi connectivity index (χ0n) is 15.1. The Hall–Kier alpha value is -2.41. The molecule has 0 radical (unpaired) electrons. The number of aromatic nitrogens is 2. The third-order valence-electron chi connectivity index (χ3n) is 4.41. The highest BCUT2D eigenvalue weighted by Gasteiger charge is 2.23. The Morgan fingerprint density at radius 2 is 2.00 bits per heavy atom. The summed E-state index contributed by atoms with van der Waals surface area (Å²) in [7, 11) is 3.99. The van der Waals surface area contributed by atoms with Crippen molar-refractivity contribution in [1.82, 2.24) is 14.9 Å². The molecule has 7 heteroatoms. The van der Waals surface area contributed by atoms with Crippen molar-refractivity contribution in [3.8, 4) is 0 Å². The lowest BCUT2D eigenvalue weighted by molar-refractivity contribution is 0.0987. The monoisotopic (exact) mass is 398 g/mol. The SMILES string of the molecule is CN(C)CCN(C(=O)c1c[nH]c2ccccc12)c1nc2ccc(Cl)cc2s1. The van der Waals surface area contributed by atoms with Crippen molar-refractivity contribution in [1.29, 1.82) is 0 Å². The number of para-hydroxylation sites is 1. The number of thiazole rings is 1. The molecule has 4 rings (SSSR count). The molecule has 5 nitrogen and oxygen atoms in total. The largest absolute Gasteiger partial charge is 0.360 e. The maximum atomic E-state index is 13.4. The van der Waals surface area contributed by atoms with Crippen molar-refractivity contribution < 1.29 is 4.79 Å². The number of H-pyrrole nitrogens is 1. The molecule has 0 fully saturated rings. The molecule has 0 aliphatic heterocycles. The second-order valence-corrected chi connectivity index (χ2v) is 8.06. The lowest BCUT2D eigenvalue weighted by atomic mass is 10.1. The number of hydrogen-bond acceptors (Lipinski definition) is 4. The molecule has 1 N–H and O–H groups in total. The van der Waals surface area contributed by atoms with E-state index in [9.17, 15) is 4.79 Å². The normalized spacial score (nSPS) is 11.6. The fourth-order valence-electron chi connectivity index (χ4n) is 2.98. The predicted molar refractivity (Wildman–Crippen MR) is 113 cm³/mol. The molecule has 4 aromatic rings. The number of amides is 1. The maximum absolute atomic E-state index is 13.4. The van der Waals surface area contributed by atoms with E-state index >= 15 is 0 Å². The first-order chi connectivity index (χ1) is 13.0. The number of nitrogens with zero attached hydrogens (tertiary/aromatic N) is 3. The third-order valence-corrected chi connectivity index (χ3v) is 5.68. The number of rotatable bonds is 5. The number of anilines is 1. The molecule has 0 bridgehead atoms. The van der Waals surface area contributed by atoms with Crippen LogP contribution in [0.5, 0.6) is 0 Å². The van der Waals surface area contributed by atoms with Crippen molar-refractivity contribution in [2.75, 3.05) is 32.1 Å². The van der Waals surface area contributed by atoms with Gasteiger partial charge in [-0.2, -0.15) is 0 Å². The molecular formula is C20H19ClN4OS. The number of aromatic amines is 1. The Kier molecular flexibility index (Phi) is 4.86. The van der Waals surface area contributed by atoms with Crippen LogP contribution in [-0.2, 0) is 0 Å². The fraction of sp³-hybridized carbons (Fsp3) is 0.200. The van der Waals surface area contributed by atoms with E-state index in [4.69, 9.17) is 11.6 Å². The fourth-order valence-corrected chi connectivity index (χ4v) is 4.25. The molecule has 2 aromatic carbocycles. The summed E-state index contributed by atoms with van der Waals surface area (Å²) in [4.78, 5) is 25.1. The molecule has 0 aliphatic carbocycles. The van der Waals surface area contributed by atoms with Gasteiger partial charge in [-0.05, 0) is 38.4 Å². The van der Waals surface area contributed by atoms with Crippen molar-refractivity contribution in [3.05, 3.63) is 59.2 Å². The van der Waals surface area contributed by atoms with Gasteiger partial charge in [0.25, 0.3) is 5.91 Å². The molecule has 0 saturated heterocycles. The molecule has 27 heavy (non-hydrogen) atoms. The molecule has 138 valence electrons. The topological polar surface area (TPSA) is 52.2 Å². The number of carbonyl (C=O) groups is 1. The van der Waals surface area contributed by atoms with Crippen LogP contribution in [0.15, 0.2) is 48.7 Å². The second-order valence-electron chi connectivity index (χ2n) is 6.62. The smallest absolute Gasteiger partial charge is 0.262 e. The van der Waals surface area contributed by atoms with Crippen molar-refractivity contribution in [2.24, 2.45) is 0 Å². The number of halogens is 1. The van der Waals surface area contributed by atoms with Gasteiger partial charge in [0.15, 0.2) is 5.13 Å². The Morgan fingerprint density at radius 1 is 1.19 bits per heavy atom. The Balaban J connectivity index is 1.76. The summed E-state index contributed by atoms with van der Waals surface area (Å²) >= 11 is 7.59. The molecule has 0 atom stereocenters. The first-order valence-electron chi connectivity index (χ1n) is 8.62. The minimum absolute atomic E-state index is 0.0561. The van der Waals surface area contributed by atoms with Gasteiger partial charge < -0.3 is 9.88 Å². The van der Waals surface area contributed by atoms with Crippen molar-refractivity contribution in [3.63, 3.8) is 0 Å². The molecule has 0 spiro atoms. The number of hydrogen-bond donors (Lipinski definition) is 1. The summed E-state index contributed by atoms with van der Waals surface area (Å²) in [5.41, 5.74) is 2.45. The predicted octanol–water partition coefficient (Wildman–Crippen LogP) is 4.64. The van der Waals surface area contributed by atoms with Gasteiger partial charge in [-0.3, -0.25) is 9.69 Å². The van der Waals surface area contributed by atoms with E-state index in [1.54, 1.807) is 11.1 Å². The van der Waals surface area contributed by atoms with Crippen LogP contribution in [0.1, 0.15) is 10.4 Å². The summed E-state index contributed by atoms with van der Waals surface area (Å²) in [6.45, 7) is 1.30. The Labute approximate surface area is 166 Å². The van der Waals surface area contributed by atoms with Crippen LogP contribution in [0.4, 0.5) is 5.13 Å². The van der Waals surface area contributed by atoms with Crippen LogP contribution in [0, 0.1) is 0 Å². The van der Waals surface area contributed by atoms with Crippen LogP contribution >= 0.6 is 22.9 Å². The summed E-state index contributed by atoms with van der Waals surface area (Å²) in [6, 6.07) is 13.4. The van der Waals surface area contributed by atoms with Crippen LogP contribution in [0.3, 0.4) is 0 Å². The Bertz CT molecular complexity index is 1120. The standard InChI is InChI=1S/C20H19ClN4OS/c1-24(2)9-10-25(20-23-17-8-7-13(21)11-18(17)27-20)19(26)15-12-22-16-6-4-3-5-14(15)16/h3-8,11-12,22H,9-10H2,1-2H3. The first kappa shape index (κ1) is 18.0. The number of likely N-dealkylation sites (N-methyl/N-ethyl adjacent to an activating group) is 1. The molecule has 1 amide bonds. The highest BCUT2D eigenvalue weighted by molar-refractivity contribution is 7.22. The van der Waals surface area contributed by atoms with E-state index < -0.39 is 0 Å². The zero-order chi connectivity index (χ0) is 19.0. The highest BCUT2D eigenvalue weighted by Crippen LogP contribution is 2.32. The molecular weight excluding hydrogens is 380 g/mol. The van der Waals surface area contributed by atoms with Gasteiger partial charge in [0, 0.05) is 35.2 Å². The van der Waals surface area contributed by atoms with Crippen LogP contribution in [0.25, 0.3) is 21.1 Å². The maximum Gasteiger partial charge on any atom is 0.262 e. The van der Waals surface area contributed by atoms with Gasteiger partial charge in [-0.25, -0.2) is 4.98 Å². The van der Waals surface area contributed by atoms with Gasteiger partial charge in [-0.1, -0.05) is 41.1 Å². The average molecular weight is 399 g/mol. The van der Waals surface area contributed by atoms with Gasteiger partial charge >= 0.3 is 0 Å². The number of nitrogens with one attached hydrogen (secondary N) is 1. The first-order valence-corrected chi connectivity index (χ1v) is 9.81. The molecule has 0 aliphatic rings. The highest BCUT2D eigenvalue weighted by atomic mass is 35.5. The van der Waals surface area contributed by atoms with Crippen LogP contribution < -0.4 is 4.90 Å². The molecule has 2 aromatic heterocycles. The summed E-state index contributed by atoms with van der Waals surface area (Å²) in [5, 5.41) is 2.27. The van der Waals surface area contributed by atoms with Gasteiger partial charge in [0.2, 0.25) is 0 Å². The van der Waals surface area contributed by atoms with Crippen LogP contribution in [-0.4, -0.2) is 48.0 Å². The summed E-state index contributed by atoms with van der Waals surface area (Å²) < 4.78 is 0.971. The van der Waals surface area contributed by atoms with E-state index in [0.29, 0.717) is 22.3 Å². The molecule has 0 saturated carbocycles. The van der Waals surface area contributed by atoms with Gasteiger partial charge in [0.05, 0.1) is 15.8 Å². The van der Waals surface area contributed by atoms with Crippen molar-refractivity contribution >= 4 is 55.1 Å². The summed E-state index contributed by atoms with van der Waals surface area (Å²) in [6.07, 6.45) is 1.78. The van der Waals surface area contributed by atoms with E-state index in [2.05, 4.69) is 14.9 Å². The van der Waals surface area contributed by atoms with Crippen LogP contribution in [0.2, 0.25) is 5.02 Å². The zero-order valence-corrected chi connectivity index (χ0v) is 16.6. The minimum atomic E-state index is -0.0561. The molecule has 0 unspecified atom stereocenters. The second kappa shape index (κ2) is 7.31. The minimum Gasteiger partial charge on any atom is -0.360 e. The Morgan fingerprint density at radius 3 is 2.81 bits per heavy atom. The van der Waals surface area contributed by atoms with E-state index in [1.807, 2.05) is 56.6 Å². The average Bonchev–Trinajstić information content (AvgIpc) is 3.25. The van der Waals surface area contributed by atoms with E-state index in [0.717, 1.165) is 27.7 Å². The summed E-state index contributed by atoms with van der Waals surface area (Å²) in [5.74, 6) is -0.0561. The van der Waals surface area contributed by atoms with Gasteiger partial charge in [0.1, 0.15) is 0 Å². The molecule has 2 heterocycles. The number of benzene rings is 2. The third kappa shape index (κ3) is 3.56. The lowest BCUT2D eigenvalue weighted by Crippen LogP contribution is -2.36. The number of carbonyl (C=O) groups excluding carboxylic acids is 1. The van der Waals surface area contributed by atoms with E-state index in [1.165, 1.54) is 11.3 Å². The van der Waals surface area contributed by atoms with E-state index in [-0.39, 0.29) is 5.91 Å². The number of fused-ring (bicyclic) bond motifs is 2. The van der Waals surface area contributed by atoms with Gasteiger partial charge in [-0.15, -0.1) is 0 Å². The quantitative estimate of drug-likeness (QED) is 0.532.